The van der Waals surface area contributed by atoms with E-state index in [0.717, 1.165) is 0 Å². The molecule has 0 saturated heterocycles. The van der Waals surface area contributed by atoms with Gasteiger partial charge in [-0.15, -0.1) is 0 Å². The number of alkyl halides is 6. The molecule has 18 heavy (non-hydrogen) atoms. The summed E-state index contributed by atoms with van der Waals surface area (Å²) in [6.45, 7) is 0. The molecule has 0 radical (unpaired) electrons. The quantitative estimate of drug-likeness (QED) is 0.252. The van der Waals surface area contributed by atoms with Gasteiger partial charge < -0.3 is 0 Å². The van der Waals surface area contributed by atoms with Crippen LogP contribution >= 0.6 is 95.6 Å². The van der Waals surface area contributed by atoms with E-state index in [0.29, 0.717) is 29.0 Å². The molecule has 6 heteroatoms. The Bertz CT molecular complexity index is 213. The fourth-order valence-electron chi connectivity index (χ4n) is 2.10. The molecule has 0 N–H and O–H groups in total. The summed E-state index contributed by atoms with van der Waals surface area (Å²) >= 11 is 23.0. The molecule has 108 valence electrons. The van der Waals surface area contributed by atoms with Gasteiger partial charge in [0.25, 0.3) is 0 Å². The first-order chi connectivity index (χ1) is 8.45. The lowest BCUT2D eigenvalue weighted by molar-refractivity contribution is 0.549. The Morgan fingerprint density at radius 3 is 1.11 bits per heavy atom. The molecule has 0 aromatic heterocycles. The maximum absolute atomic E-state index is 3.84. The van der Waals surface area contributed by atoms with Crippen LogP contribution in [-0.2, 0) is 0 Å². The van der Waals surface area contributed by atoms with Gasteiger partial charge in [0.1, 0.15) is 0 Å². The van der Waals surface area contributed by atoms with Gasteiger partial charge in [-0.1, -0.05) is 121 Å². The highest BCUT2D eigenvalue weighted by atomic mass is 79.9. The van der Waals surface area contributed by atoms with E-state index in [4.69, 9.17) is 0 Å². The Balaban J connectivity index is 2.71. The monoisotopic (exact) mass is 636 g/mol. The predicted octanol–water partition coefficient (Wildman–Crippen LogP) is 6.92. The first-order valence-corrected chi connectivity index (χ1v) is 11.8. The molecular weight excluding hydrogens is 624 g/mol. The van der Waals surface area contributed by atoms with E-state index in [-0.39, 0.29) is 0 Å². The van der Waals surface area contributed by atoms with Crippen molar-refractivity contribution >= 4 is 95.6 Å². The summed E-state index contributed by atoms with van der Waals surface area (Å²) < 4.78 is 0. The minimum absolute atomic E-state index is 0.394. The summed E-state index contributed by atoms with van der Waals surface area (Å²) in [7, 11) is 0. The van der Waals surface area contributed by atoms with Gasteiger partial charge in [-0.25, -0.2) is 0 Å². The van der Waals surface area contributed by atoms with Crippen molar-refractivity contribution in [2.75, 3.05) is 0 Å². The summed E-state index contributed by atoms with van der Waals surface area (Å²) in [5.74, 6) is 0. The minimum atomic E-state index is 0.394. The second kappa shape index (κ2) is 9.81. The lowest BCUT2D eigenvalue weighted by Gasteiger charge is -2.31. The zero-order chi connectivity index (χ0) is 13.7. The van der Waals surface area contributed by atoms with E-state index < -0.39 is 0 Å². The molecular formula is C12H18Br6. The van der Waals surface area contributed by atoms with E-state index in [1.54, 1.807) is 0 Å². The lowest BCUT2D eigenvalue weighted by Crippen LogP contribution is -2.39. The molecule has 1 saturated carbocycles. The number of hydrogen-bond donors (Lipinski definition) is 0. The van der Waals surface area contributed by atoms with Crippen LogP contribution in [0.25, 0.3) is 0 Å². The van der Waals surface area contributed by atoms with Crippen molar-refractivity contribution < 1.29 is 0 Å². The molecule has 0 aliphatic heterocycles. The van der Waals surface area contributed by atoms with E-state index in [2.05, 4.69) is 95.6 Å². The third-order valence-corrected chi connectivity index (χ3v) is 13.6. The summed E-state index contributed by atoms with van der Waals surface area (Å²) in [6, 6.07) is 0. The summed E-state index contributed by atoms with van der Waals surface area (Å²) in [4.78, 5) is 2.70. The highest BCUT2D eigenvalue weighted by Crippen LogP contribution is 2.37. The summed E-state index contributed by atoms with van der Waals surface area (Å²) in [6.07, 6.45) is 7.80. The second-order valence-electron chi connectivity index (χ2n) is 4.80. The fourth-order valence-corrected chi connectivity index (χ4v) is 7.63. The first-order valence-electron chi connectivity index (χ1n) is 6.29. The molecule has 0 aromatic rings. The normalized spacial score (nSPS) is 45.0. The summed E-state index contributed by atoms with van der Waals surface area (Å²) in [5.41, 5.74) is 0. The van der Waals surface area contributed by atoms with E-state index in [9.17, 15) is 0 Å². The number of hydrogen-bond acceptors (Lipinski definition) is 0. The first kappa shape index (κ1) is 18.9. The van der Waals surface area contributed by atoms with Crippen molar-refractivity contribution in [3.8, 4) is 0 Å². The van der Waals surface area contributed by atoms with Gasteiger partial charge in [0, 0.05) is 29.0 Å². The molecule has 0 amide bonds. The average molecular weight is 642 g/mol. The maximum Gasteiger partial charge on any atom is 0.0418 e. The standard InChI is InChI=1S/C12H18Br6/c13-7-5-3-1-2-4-6-8(14)10(16)12(18)11(17)9(7)15/h7-12H,1-6H2/t7-,8+,9-,10-,11+,12+/m1/s1. The molecule has 0 heterocycles. The predicted molar refractivity (Wildman–Crippen MR) is 104 cm³/mol. The lowest BCUT2D eigenvalue weighted by atomic mass is 10.0. The van der Waals surface area contributed by atoms with E-state index >= 15 is 0 Å². The van der Waals surface area contributed by atoms with Gasteiger partial charge in [-0.05, 0) is 12.8 Å². The van der Waals surface area contributed by atoms with E-state index in [1.807, 2.05) is 0 Å². The molecule has 0 spiro atoms. The van der Waals surface area contributed by atoms with Crippen LogP contribution in [0.1, 0.15) is 38.5 Å². The zero-order valence-electron chi connectivity index (χ0n) is 9.97. The SMILES string of the molecule is Br[C@@H]1[C@@H](Br)[C@H](Br)[C@@H](Br)CCCCCC[C@@H](Br)[C@H]1Br. The van der Waals surface area contributed by atoms with Crippen LogP contribution in [0.15, 0.2) is 0 Å². The fraction of sp³-hybridized carbons (Fsp3) is 1.00. The Morgan fingerprint density at radius 1 is 0.444 bits per heavy atom. The second-order valence-corrected chi connectivity index (χ2v) is 11.4. The smallest absolute Gasteiger partial charge is 0.0418 e. The van der Waals surface area contributed by atoms with Gasteiger partial charge in [0.05, 0.1) is 0 Å². The molecule has 0 bridgehead atoms. The van der Waals surface area contributed by atoms with Crippen molar-refractivity contribution in [2.45, 2.75) is 67.5 Å². The van der Waals surface area contributed by atoms with Gasteiger partial charge in [0.15, 0.2) is 0 Å². The maximum atomic E-state index is 3.84. The minimum Gasteiger partial charge on any atom is -0.0878 e. The number of halogens is 6. The molecule has 0 nitrogen and oxygen atoms in total. The third-order valence-electron chi connectivity index (χ3n) is 3.31. The Kier molecular flexibility index (Phi) is 10.3. The molecule has 1 fully saturated rings. The molecule has 1 rings (SSSR count). The van der Waals surface area contributed by atoms with Crippen LogP contribution in [-0.4, -0.2) is 29.0 Å². The molecule has 1 aliphatic carbocycles. The van der Waals surface area contributed by atoms with Crippen LogP contribution in [0.4, 0.5) is 0 Å². The highest BCUT2D eigenvalue weighted by molar-refractivity contribution is 9.15. The van der Waals surface area contributed by atoms with Crippen molar-refractivity contribution in [1.29, 1.82) is 0 Å². The van der Waals surface area contributed by atoms with Gasteiger partial charge in [-0.2, -0.15) is 0 Å². The van der Waals surface area contributed by atoms with Crippen molar-refractivity contribution in [3.63, 3.8) is 0 Å². The Hall–Kier alpha value is 2.88. The van der Waals surface area contributed by atoms with Gasteiger partial charge in [0.2, 0.25) is 0 Å². The topological polar surface area (TPSA) is 0 Å². The van der Waals surface area contributed by atoms with Crippen LogP contribution in [0.5, 0.6) is 0 Å². The van der Waals surface area contributed by atoms with Crippen LogP contribution in [0.2, 0.25) is 0 Å². The Labute approximate surface area is 161 Å². The van der Waals surface area contributed by atoms with Crippen LogP contribution < -0.4 is 0 Å². The van der Waals surface area contributed by atoms with Crippen molar-refractivity contribution in [2.24, 2.45) is 0 Å². The summed E-state index contributed by atoms with van der Waals surface area (Å²) in [5, 5.41) is 0. The molecule has 6 atom stereocenters. The van der Waals surface area contributed by atoms with Gasteiger partial charge in [-0.3, -0.25) is 0 Å². The highest BCUT2D eigenvalue weighted by Gasteiger charge is 2.35. The third kappa shape index (κ3) is 5.94. The van der Waals surface area contributed by atoms with Gasteiger partial charge >= 0.3 is 0 Å². The largest absolute Gasteiger partial charge is 0.0878 e. The molecule has 1 aliphatic rings. The van der Waals surface area contributed by atoms with Crippen LogP contribution in [0, 0.1) is 0 Å². The Morgan fingerprint density at radius 2 is 0.778 bits per heavy atom. The number of rotatable bonds is 0. The van der Waals surface area contributed by atoms with E-state index in [1.165, 1.54) is 38.5 Å². The molecule has 0 aromatic carbocycles. The van der Waals surface area contributed by atoms with Crippen molar-refractivity contribution in [1.82, 2.24) is 0 Å². The van der Waals surface area contributed by atoms with Crippen LogP contribution in [0.3, 0.4) is 0 Å². The molecule has 0 unspecified atom stereocenters. The zero-order valence-corrected chi connectivity index (χ0v) is 19.5. The average Bonchev–Trinajstić information content (AvgIpc) is 2.37. The van der Waals surface area contributed by atoms with Crippen molar-refractivity contribution in [3.05, 3.63) is 0 Å².